The van der Waals surface area contributed by atoms with Crippen LogP contribution in [0.4, 0.5) is 0 Å². The first-order chi connectivity index (χ1) is 10.4. The first-order valence-electron chi connectivity index (χ1n) is 8.49. The predicted octanol–water partition coefficient (Wildman–Crippen LogP) is 3.34. The summed E-state index contributed by atoms with van der Waals surface area (Å²) in [5.41, 5.74) is 0. The van der Waals surface area contributed by atoms with Gasteiger partial charge < -0.3 is 9.47 Å². The number of benzene rings is 1. The topological polar surface area (TPSA) is 21.7 Å². The maximum absolute atomic E-state index is 6.10. The summed E-state index contributed by atoms with van der Waals surface area (Å²) in [6.07, 6.45) is 7.36. The molecular weight excluding hydrogens is 262 g/mol. The van der Waals surface area contributed by atoms with E-state index in [9.17, 15) is 0 Å². The van der Waals surface area contributed by atoms with Crippen LogP contribution >= 0.6 is 0 Å². The molecule has 3 atom stereocenters. The summed E-state index contributed by atoms with van der Waals surface area (Å²) < 4.78 is 11.9. The number of nitrogens with zero attached hydrogens (tertiary/aromatic N) is 1. The molecule has 2 aliphatic heterocycles. The van der Waals surface area contributed by atoms with Crippen LogP contribution in [0.2, 0.25) is 0 Å². The molecule has 1 aromatic carbocycles. The van der Waals surface area contributed by atoms with E-state index in [1.807, 2.05) is 24.3 Å². The second kappa shape index (κ2) is 5.88. The van der Waals surface area contributed by atoms with E-state index in [1.54, 1.807) is 0 Å². The highest BCUT2D eigenvalue weighted by Gasteiger charge is 2.32. The number of fused-ring (bicyclic) bond motifs is 2. The Hall–Kier alpha value is -1.22. The molecule has 4 rings (SSSR count). The van der Waals surface area contributed by atoms with Crippen molar-refractivity contribution < 1.29 is 9.47 Å². The molecule has 3 unspecified atom stereocenters. The summed E-state index contributed by atoms with van der Waals surface area (Å²) in [7, 11) is 0. The van der Waals surface area contributed by atoms with Crippen LogP contribution in [0.1, 0.15) is 32.1 Å². The fourth-order valence-electron chi connectivity index (χ4n) is 4.28. The third kappa shape index (κ3) is 2.89. The van der Waals surface area contributed by atoms with E-state index in [0.29, 0.717) is 6.61 Å². The van der Waals surface area contributed by atoms with E-state index in [1.165, 1.54) is 45.2 Å². The van der Waals surface area contributed by atoms with Crippen molar-refractivity contribution in [1.29, 1.82) is 0 Å². The minimum atomic E-state index is 0.181. The fourth-order valence-corrected chi connectivity index (χ4v) is 4.28. The predicted molar refractivity (Wildman–Crippen MR) is 82.9 cm³/mol. The molecule has 0 amide bonds. The maximum Gasteiger partial charge on any atom is 0.161 e. The lowest BCUT2D eigenvalue weighted by atomic mass is 9.75. The van der Waals surface area contributed by atoms with Crippen molar-refractivity contribution in [1.82, 2.24) is 4.90 Å². The highest BCUT2D eigenvalue weighted by molar-refractivity contribution is 5.40. The molecule has 1 aromatic rings. The van der Waals surface area contributed by atoms with Gasteiger partial charge in [-0.2, -0.15) is 0 Å². The van der Waals surface area contributed by atoms with Gasteiger partial charge in [-0.05, 0) is 43.4 Å². The highest BCUT2D eigenvalue weighted by Crippen LogP contribution is 2.36. The second-order valence-corrected chi connectivity index (χ2v) is 6.85. The van der Waals surface area contributed by atoms with Crippen LogP contribution in [0, 0.1) is 11.8 Å². The lowest BCUT2D eigenvalue weighted by Gasteiger charge is -2.42. The average molecular weight is 287 g/mol. The van der Waals surface area contributed by atoms with Gasteiger partial charge in [0.1, 0.15) is 12.7 Å². The third-order valence-electron chi connectivity index (χ3n) is 5.40. The molecule has 3 aliphatic rings. The molecule has 1 saturated heterocycles. The Balaban J connectivity index is 1.35. The van der Waals surface area contributed by atoms with Gasteiger partial charge in [-0.15, -0.1) is 0 Å². The molecule has 3 nitrogen and oxygen atoms in total. The molecule has 3 heteroatoms. The van der Waals surface area contributed by atoms with Crippen LogP contribution in [0.5, 0.6) is 11.5 Å². The quantitative estimate of drug-likeness (QED) is 0.832. The minimum Gasteiger partial charge on any atom is -0.486 e. The van der Waals surface area contributed by atoms with E-state index >= 15 is 0 Å². The molecule has 2 fully saturated rings. The van der Waals surface area contributed by atoms with Crippen LogP contribution in [0.15, 0.2) is 24.3 Å². The Labute approximate surface area is 127 Å². The summed E-state index contributed by atoms with van der Waals surface area (Å²) in [5, 5.41) is 0. The molecule has 1 saturated carbocycles. The van der Waals surface area contributed by atoms with E-state index in [4.69, 9.17) is 9.47 Å². The lowest BCUT2D eigenvalue weighted by Crippen LogP contribution is -2.47. The van der Waals surface area contributed by atoms with Crippen molar-refractivity contribution in [3.05, 3.63) is 24.3 Å². The number of hydrogen-bond donors (Lipinski definition) is 0. The monoisotopic (exact) mass is 287 g/mol. The molecule has 0 bridgehead atoms. The SMILES string of the molecule is c1ccc2c(c1)OCC(CN1CCC3CCCCC3C1)O2. The summed E-state index contributed by atoms with van der Waals surface area (Å²) in [5.74, 6) is 3.73. The Bertz CT molecular complexity index is 490. The van der Waals surface area contributed by atoms with Gasteiger partial charge in [-0.1, -0.05) is 31.4 Å². The van der Waals surface area contributed by atoms with Crippen molar-refractivity contribution in [2.24, 2.45) is 11.8 Å². The molecule has 21 heavy (non-hydrogen) atoms. The molecular formula is C18H25NO2. The van der Waals surface area contributed by atoms with Crippen molar-refractivity contribution in [3.8, 4) is 11.5 Å². The fraction of sp³-hybridized carbons (Fsp3) is 0.667. The zero-order valence-electron chi connectivity index (χ0n) is 12.7. The largest absolute Gasteiger partial charge is 0.486 e. The second-order valence-electron chi connectivity index (χ2n) is 6.85. The first-order valence-corrected chi connectivity index (χ1v) is 8.49. The Morgan fingerprint density at radius 2 is 1.81 bits per heavy atom. The number of para-hydroxylation sites is 2. The summed E-state index contributed by atoms with van der Waals surface area (Å²) in [6, 6.07) is 8.00. The number of rotatable bonds is 2. The Morgan fingerprint density at radius 1 is 1.00 bits per heavy atom. The van der Waals surface area contributed by atoms with Crippen LogP contribution in [-0.2, 0) is 0 Å². The molecule has 0 radical (unpaired) electrons. The molecule has 0 N–H and O–H groups in total. The van der Waals surface area contributed by atoms with Gasteiger partial charge >= 0.3 is 0 Å². The lowest BCUT2D eigenvalue weighted by molar-refractivity contribution is 0.0246. The zero-order valence-corrected chi connectivity index (χ0v) is 12.7. The van der Waals surface area contributed by atoms with Crippen molar-refractivity contribution in [3.63, 3.8) is 0 Å². The van der Waals surface area contributed by atoms with Crippen molar-refractivity contribution >= 4 is 0 Å². The smallest absolute Gasteiger partial charge is 0.161 e. The van der Waals surface area contributed by atoms with E-state index in [0.717, 1.165) is 29.9 Å². The third-order valence-corrected chi connectivity index (χ3v) is 5.40. The number of piperidine rings is 1. The van der Waals surface area contributed by atoms with Gasteiger partial charge in [-0.3, -0.25) is 4.90 Å². The number of ether oxygens (including phenoxy) is 2. The molecule has 2 heterocycles. The van der Waals surface area contributed by atoms with Crippen LogP contribution in [0.3, 0.4) is 0 Å². The van der Waals surface area contributed by atoms with E-state index < -0.39 is 0 Å². The minimum absolute atomic E-state index is 0.181. The van der Waals surface area contributed by atoms with Gasteiger partial charge in [0, 0.05) is 13.1 Å². The van der Waals surface area contributed by atoms with Crippen LogP contribution in [-0.4, -0.2) is 37.2 Å². The van der Waals surface area contributed by atoms with Crippen LogP contribution < -0.4 is 9.47 Å². The Kier molecular flexibility index (Phi) is 3.76. The van der Waals surface area contributed by atoms with E-state index in [2.05, 4.69) is 4.90 Å². The summed E-state index contributed by atoms with van der Waals surface area (Å²) in [4.78, 5) is 2.61. The Morgan fingerprint density at radius 3 is 2.71 bits per heavy atom. The molecule has 1 aliphatic carbocycles. The summed E-state index contributed by atoms with van der Waals surface area (Å²) in [6.45, 7) is 4.20. The van der Waals surface area contributed by atoms with Crippen molar-refractivity contribution in [2.45, 2.75) is 38.2 Å². The van der Waals surface area contributed by atoms with Gasteiger partial charge in [0.15, 0.2) is 11.5 Å². The zero-order chi connectivity index (χ0) is 14.1. The van der Waals surface area contributed by atoms with Gasteiger partial charge in [-0.25, -0.2) is 0 Å². The van der Waals surface area contributed by atoms with Crippen LogP contribution in [0.25, 0.3) is 0 Å². The van der Waals surface area contributed by atoms with Crippen molar-refractivity contribution in [2.75, 3.05) is 26.2 Å². The molecule has 114 valence electrons. The number of hydrogen-bond acceptors (Lipinski definition) is 3. The van der Waals surface area contributed by atoms with E-state index in [-0.39, 0.29) is 6.10 Å². The average Bonchev–Trinajstić information content (AvgIpc) is 2.55. The normalized spacial score (nSPS) is 32.5. The first kappa shape index (κ1) is 13.4. The highest BCUT2D eigenvalue weighted by atomic mass is 16.6. The summed E-state index contributed by atoms with van der Waals surface area (Å²) >= 11 is 0. The van der Waals surface area contributed by atoms with Gasteiger partial charge in [0.25, 0.3) is 0 Å². The van der Waals surface area contributed by atoms with Gasteiger partial charge in [0.2, 0.25) is 0 Å². The molecule has 0 spiro atoms. The maximum atomic E-state index is 6.10. The van der Waals surface area contributed by atoms with Gasteiger partial charge in [0.05, 0.1) is 0 Å². The number of likely N-dealkylation sites (tertiary alicyclic amines) is 1. The standard InChI is InChI=1S/C18H25NO2/c1-2-6-15-11-19(10-9-14(15)5-1)12-16-13-20-17-7-3-4-8-18(17)21-16/h3-4,7-8,14-16H,1-2,5-6,9-13H2. The molecule has 0 aromatic heterocycles.